The van der Waals surface area contributed by atoms with Gasteiger partial charge in [-0.2, -0.15) is 0 Å². The van der Waals surface area contributed by atoms with E-state index in [1.165, 1.54) is 0 Å². The highest BCUT2D eigenvalue weighted by Crippen LogP contribution is 2.44. The van der Waals surface area contributed by atoms with Crippen LogP contribution in [-0.4, -0.2) is 49.8 Å². The zero-order valence-corrected chi connectivity index (χ0v) is 14.7. The number of thioether (sulfide) groups is 1. The molecule has 2 fully saturated rings. The Labute approximate surface area is 145 Å². The van der Waals surface area contributed by atoms with Crippen LogP contribution in [0.4, 0.5) is 0 Å². The van der Waals surface area contributed by atoms with Crippen LogP contribution in [0.25, 0.3) is 0 Å². The van der Waals surface area contributed by atoms with E-state index in [2.05, 4.69) is 5.32 Å². The third-order valence-corrected chi connectivity index (χ3v) is 5.73. The lowest BCUT2D eigenvalue weighted by Crippen LogP contribution is -2.44. The second kappa shape index (κ2) is 7.34. The molecule has 3 rings (SSSR count). The lowest BCUT2D eigenvalue weighted by molar-refractivity contribution is -0.137. The smallest absolute Gasteiger partial charge is 0.228 e. The van der Waals surface area contributed by atoms with Gasteiger partial charge in [-0.3, -0.25) is 9.59 Å². The molecule has 6 nitrogen and oxygen atoms in total. The van der Waals surface area contributed by atoms with Crippen molar-refractivity contribution in [2.45, 2.75) is 18.2 Å². The van der Waals surface area contributed by atoms with E-state index in [-0.39, 0.29) is 23.1 Å². The summed E-state index contributed by atoms with van der Waals surface area (Å²) in [6, 6.07) is 5.66. The number of amides is 2. The molecule has 1 N–H and O–H groups in total. The summed E-state index contributed by atoms with van der Waals surface area (Å²) >= 11 is 1.73. The Kier molecular flexibility index (Phi) is 5.18. The Morgan fingerprint density at radius 1 is 1.33 bits per heavy atom. The Balaban J connectivity index is 1.82. The molecule has 2 aliphatic heterocycles. The summed E-state index contributed by atoms with van der Waals surface area (Å²) in [5.41, 5.74) is 0.951. The van der Waals surface area contributed by atoms with E-state index < -0.39 is 0 Å². The van der Waals surface area contributed by atoms with E-state index in [4.69, 9.17) is 9.47 Å². The molecule has 0 aromatic heterocycles. The number of piperidine rings is 1. The van der Waals surface area contributed by atoms with Crippen molar-refractivity contribution in [2.75, 3.05) is 33.1 Å². The number of rotatable bonds is 4. The predicted octanol–water partition coefficient (Wildman–Crippen LogP) is 1.80. The largest absolute Gasteiger partial charge is 0.497 e. The number of hydrogen-bond donors (Lipinski definition) is 1. The van der Waals surface area contributed by atoms with E-state index in [9.17, 15) is 9.59 Å². The van der Waals surface area contributed by atoms with Crippen LogP contribution in [0.15, 0.2) is 18.2 Å². The zero-order chi connectivity index (χ0) is 17.1. The van der Waals surface area contributed by atoms with Crippen LogP contribution in [0.3, 0.4) is 0 Å². The first-order valence-corrected chi connectivity index (χ1v) is 9.09. The third-order valence-electron chi connectivity index (χ3n) is 4.49. The van der Waals surface area contributed by atoms with Gasteiger partial charge in [0, 0.05) is 30.8 Å². The summed E-state index contributed by atoms with van der Waals surface area (Å²) in [5.74, 6) is 2.38. The molecule has 0 radical (unpaired) electrons. The van der Waals surface area contributed by atoms with Crippen molar-refractivity contribution in [3.8, 4) is 11.5 Å². The normalized spacial score (nSPS) is 23.8. The second-order valence-corrected chi connectivity index (χ2v) is 7.09. The molecule has 2 saturated heterocycles. The highest BCUT2D eigenvalue weighted by molar-refractivity contribution is 7.99. The highest BCUT2D eigenvalue weighted by Gasteiger charge is 2.37. The Bertz CT molecular complexity index is 627. The van der Waals surface area contributed by atoms with Gasteiger partial charge in [-0.15, -0.1) is 11.8 Å². The van der Waals surface area contributed by atoms with Gasteiger partial charge in [0.1, 0.15) is 16.9 Å². The van der Waals surface area contributed by atoms with Crippen molar-refractivity contribution in [3.05, 3.63) is 23.8 Å². The van der Waals surface area contributed by atoms with E-state index in [0.717, 1.165) is 22.8 Å². The summed E-state index contributed by atoms with van der Waals surface area (Å²) in [6.07, 6.45) is 1.04. The molecular weight excluding hydrogens is 328 g/mol. The molecule has 2 unspecified atom stereocenters. The highest BCUT2D eigenvalue weighted by atomic mass is 32.2. The molecule has 130 valence electrons. The van der Waals surface area contributed by atoms with Crippen LogP contribution in [0.5, 0.6) is 11.5 Å². The Morgan fingerprint density at radius 2 is 2.17 bits per heavy atom. The van der Waals surface area contributed by atoms with Crippen LogP contribution in [0.1, 0.15) is 23.8 Å². The number of hydrogen-bond acceptors (Lipinski definition) is 5. The van der Waals surface area contributed by atoms with E-state index in [1.807, 2.05) is 23.1 Å². The molecule has 2 amide bonds. The maximum atomic E-state index is 12.9. The zero-order valence-electron chi connectivity index (χ0n) is 13.9. The van der Waals surface area contributed by atoms with Gasteiger partial charge < -0.3 is 19.7 Å². The second-order valence-electron chi connectivity index (χ2n) is 5.90. The van der Waals surface area contributed by atoms with Crippen molar-refractivity contribution in [1.29, 1.82) is 0 Å². The quantitative estimate of drug-likeness (QED) is 0.897. The minimum atomic E-state index is -0.138. The molecule has 2 heterocycles. The lowest BCUT2D eigenvalue weighted by Gasteiger charge is -2.31. The molecule has 2 atom stereocenters. The molecule has 0 aliphatic carbocycles. The van der Waals surface area contributed by atoms with Crippen LogP contribution in [0.2, 0.25) is 0 Å². The molecule has 0 spiro atoms. The van der Waals surface area contributed by atoms with Gasteiger partial charge in [-0.1, -0.05) is 0 Å². The molecule has 7 heteroatoms. The summed E-state index contributed by atoms with van der Waals surface area (Å²) in [6.45, 7) is 1.14. The topological polar surface area (TPSA) is 67.9 Å². The Morgan fingerprint density at radius 3 is 2.83 bits per heavy atom. The average Bonchev–Trinajstić information content (AvgIpc) is 3.10. The number of carbonyl (C=O) groups excluding carboxylic acids is 2. The van der Waals surface area contributed by atoms with Gasteiger partial charge in [0.15, 0.2) is 0 Å². The fourth-order valence-electron chi connectivity index (χ4n) is 3.16. The molecule has 1 aromatic carbocycles. The van der Waals surface area contributed by atoms with Crippen molar-refractivity contribution >= 4 is 23.6 Å². The fraction of sp³-hybridized carbons (Fsp3) is 0.529. The molecule has 24 heavy (non-hydrogen) atoms. The van der Waals surface area contributed by atoms with Gasteiger partial charge in [0.2, 0.25) is 11.8 Å². The van der Waals surface area contributed by atoms with Gasteiger partial charge >= 0.3 is 0 Å². The van der Waals surface area contributed by atoms with Crippen LogP contribution in [-0.2, 0) is 9.59 Å². The fourth-order valence-corrected chi connectivity index (χ4v) is 4.44. The summed E-state index contributed by atoms with van der Waals surface area (Å²) < 4.78 is 10.8. The first kappa shape index (κ1) is 17.0. The maximum Gasteiger partial charge on any atom is 0.228 e. The van der Waals surface area contributed by atoms with Crippen LogP contribution < -0.4 is 14.8 Å². The van der Waals surface area contributed by atoms with Gasteiger partial charge in [0.05, 0.1) is 20.1 Å². The predicted molar refractivity (Wildman–Crippen MR) is 92.2 cm³/mol. The molecule has 2 aliphatic rings. The molecule has 1 aromatic rings. The Hall–Kier alpha value is -1.89. The SMILES string of the molecule is COc1ccc(OC)c(C2SCCN2C(=O)C2CCC(=O)NC2)c1. The minimum Gasteiger partial charge on any atom is -0.497 e. The molecule has 0 bridgehead atoms. The number of methoxy groups -OCH3 is 2. The van der Waals surface area contributed by atoms with Gasteiger partial charge in [-0.25, -0.2) is 0 Å². The summed E-state index contributed by atoms with van der Waals surface area (Å²) in [7, 11) is 3.26. The third kappa shape index (κ3) is 3.31. The average molecular weight is 350 g/mol. The number of carbonyl (C=O) groups is 2. The first-order valence-electron chi connectivity index (χ1n) is 8.04. The van der Waals surface area contributed by atoms with Gasteiger partial charge in [-0.05, 0) is 24.6 Å². The standard InChI is InChI=1S/C17H22N2O4S/c1-22-12-4-5-14(23-2)13(9-12)17-19(7-8-24-17)16(21)11-3-6-15(20)18-10-11/h4-5,9,11,17H,3,6-8,10H2,1-2H3,(H,18,20). The van der Waals surface area contributed by atoms with Crippen LogP contribution >= 0.6 is 11.8 Å². The number of ether oxygens (including phenoxy) is 2. The van der Waals surface area contributed by atoms with Crippen molar-refractivity contribution < 1.29 is 19.1 Å². The van der Waals surface area contributed by atoms with E-state index >= 15 is 0 Å². The van der Waals surface area contributed by atoms with Crippen molar-refractivity contribution in [1.82, 2.24) is 10.2 Å². The number of nitrogens with zero attached hydrogens (tertiary/aromatic N) is 1. The van der Waals surface area contributed by atoms with Crippen molar-refractivity contribution in [2.24, 2.45) is 5.92 Å². The van der Waals surface area contributed by atoms with Crippen molar-refractivity contribution in [3.63, 3.8) is 0 Å². The molecule has 0 saturated carbocycles. The van der Waals surface area contributed by atoms with E-state index in [1.54, 1.807) is 26.0 Å². The van der Waals surface area contributed by atoms with E-state index in [0.29, 0.717) is 25.9 Å². The molecular formula is C17H22N2O4S. The first-order chi connectivity index (χ1) is 11.6. The number of nitrogens with one attached hydrogen (secondary N) is 1. The lowest BCUT2D eigenvalue weighted by atomic mass is 9.97. The number of benzene rings is 1. The van der Waals surface area contributed by atoms with Crippen LogP contribution in [0, 0.1) is 5.92 Å². The maximum absolute atomic E-state index is 12.9. The minimum absolute atomic E-state index is 0.0286. The summed E-state index contributed by atoms with van der Waals surface area (Å²) in [4.78, 5) is 26.2. The summed E-state index contributed by atoms with van der Waals surface area (Å²) in [5, 5.41) is 2.71. The van der Waals surface area contributed by atoms with Gasteiger partial charge in [0.25, 0.3) is 0 Å². The monoisotopic (exact) mass is 350 g/mol.